The monoisotopic (exact) mass is 294 g/mol. The average molecular weight is 294 g/mol. The zero-order valence-electron chi connectivity index (χ0n) is 11.2. The van der Waals surface area contributed by atoms with Gasteiger partial charge in [0.1, 0.15) is 6.54 Å². The van der Waals surface area contributed by atoms with E-state index in [4.69, 9.17) is 9.63 Å². The molecule has 10 heteroatoms. The molecule has 2 rings (SSSR count). The van der Waals surface area contributed by atoms with Gasteiger partial charge in [0.05, 0.1) is 11.9 Å². The van der Waals surface area contributed by atoms with Crippen molar-refractivity contribution in [1.29, 1.82) is 0 Å². The van der Waals surface area contributed by atoms with Crippen LogP contribution < -0.4 is 10.6 Å². The highest BCUT2D eigenvalue weighted by atomic mass is 16.5. The molecule has 0 unspecified atom stereocenters. The lowest BCUT2D eigenvalue weighted by molar-refractivity contribution is -0.137. The number of carboxylic acids is 1. The summed E-state index contributed by atoms with van der Waals surface area (Å²) in [5.74, 6) is -0.0214. The molecule has 2 aromatic heterocycles. The molecule has 2 aromatic rings. The lowest BCUT2D eigenvalue weighted by atomic mass is 10.4. The van der Waals surface area contributed by atoms with Crippen LogP contribution in [0.2, 0.25) is 0 Å². The smallest absolute Gasteiger partial charge is 0.325 e. The van der Waals surface area contributed by atoms with Gasteiger partial charge in [-0.3, -0.25) is 9.48 Å². The number of carbonyl (C=O) groups excluding carboxylic acids is 1. The van der Waals surface area contributed by atoms with Crippen LogP contribution in [0.5, 0.6) is 0 Å². The lowest BCUT2D eigenvalue weighted by Gasteiger charge is -2.03. The standard InChI is InChI=1S/C11H14N6O4/c1-7-14-9(16-21-7)2-3-12-11(20)15-8-4-13-17(5-8)6-10(18)19/h4-5H,2-3,6H2,1H3,(H,18,19)(H2,12,15,20). The van der Waals surface area contributed by atoms with Gasteiger partial charge in [0.2, 0.25) is 5.89 Å². The van der Waals surface area contributed by atoms with E-state index in [2.05, 4.69) is 25.9 Å². The second-order valence-electron chi connectivity index (χ2n) is 4.18. The molecule has 112 valence electrons. The number of hydrogen-bond donors (Lipinski definition) is 3. The molecule has 0 aromatic carbocycles. The number of urea groups is 1. The Hall–Kier alpha value is -2.91. The van der Waals surface area contributed by atoms with Crippen molar-refractivity contribution in [1.82, 2.24) is 25.2 Å². The van der Waals surface area contributed by atoms with Crippen molar-refractivity contribution < 1.29 is 19.2 Å². The van der Waals surface area contributed by atoms with E-state index >= 15 is 0 Å². The molecular formula is C11H14N6O4. The van der Waals surface area contributed by atoms with E-state index in [0.717, 1.165) is 0 Å². The summed E-state index contributed by atoms with van der Waals surface area (Å²) in [7, 11) is 0. The largest absolute Gasteiger partial charge is 0.480 e. The van der Waals surface area contributed by atoms with Crippen LogP contribution in [0.15, 0.2) is 16.9 Å². The van der Waals surface area contributed by atoms with Crippen molar-refractivity contribution in [2.75, 3.05) is 11.9 Å². The van der Waals surface area contributed by atoms with Crippen LogP contribution in [-0.2, 0) is 17.8 Å². The van der Waals surface area contributed by atoms with E-state index in [0.29, 0.717) is 30.4 Å². The van der Waals surface area contributed by atoms with Gasteiger partial charge in [-0.25, -0.2) is 4.79 Å². The van der Waals surface area contributed by atoms with Gasteiger partial charge in [0.25, 0.3) is 0 Å². The number of anilines is 1. The van der Waals surface area contributed by atoms with E-state index < -0.39 is 12.0 Å². The van der Waals surface area contributed by atoms with Crippen LogP contribution in [0.3, 0.4) is 0 Å². The number of aliphatic carboxylic acids is 1. The Labute approximate surface area is 119 Å². The predicted molar refractivity (Wildman–Crippen MR) is 69.6 cm³/mol. The van der Waals surface area contributed by atoms with Crippen molar-refractivity contribution in [2.45, 2.75) is 19.9 Å². The number of carboxylic acid groups (broad SMARTS) is 1. The van der Waals surface area contributed by atoms with Gasteiger partial charge in [-0.2, -0.15) is 10.1 Å². The molecule has 0 fully saturated rings. The maximum Gasteiger partial charge on any atom is 0.325 e. The summed E-state index contributed by atoms with van der Waals surface area (Å²) in [6.45, 7) is 1.76. The molecule has 2 heterocycles. The Kier molecular flexibility index (Phi) is 4.49. The summed E-state index contributed by atoms with van der Waals surface area (Å²) in [5, 5.41) is 21.3. The van der Waals surface area contributed by atoms with Crippen LogP contribution in [0.1, 0.15) is 11.7 Å². The first-order valence-electron chi connectivity index (χ1n) is 6.11. The van der Waals surface area contributed by atoms with Crippen LogP contribution in [0, 0.1) is 6.92 Å². The fraction of sp³-hybridized carbons (Fsp3) is 0.364. The Morgan fingerprint density at radius 1 is 1.48 bits per heavy atom. The van der Waals surface area contributed by atoms with Crippen LogP contribution in [-0.4, -0.2) is 43.6 Å². The third kappa shape index (κ3) is 4.60. The van der Waals surface area contributed by atoms with Gasteiger partial charge >= 0.3 is 12.0 Å². The number of amides is 2. The molecule has 0 aliphatic heterocycles. The highest BCUT2D eigenvalue weighted by Crippen LogP contribution is 2.04. The second kappa shape index (κ2) is 6.50. The van der Waals surface area contributed by atoms with Gasteiger partial charge in [0, 0.05) is 26.1 Å². The zero-order valence-corrected chi connectivity index (χ0v) is 11.2. The van der Waals surface area contributed by atoms with Gasteiger partial charge in [-0.1, -0.05) is 5.16 Å². The van der Waals surface area contributed by atoms with Gasteiger partial charge in [-0.15, -0.1) is 0 Å². The van der Waals surface area contributed by atoms with Crippen molar-refractivity contribution in [2.24, 2.45) is 0 Å². The van der Waals surface area contributed by atoms with Crippen molar-refractivity contribution in [3.8, 4) is 0 Å². The summed E-state index contributed by atoms with van der Waals surface area (Å²) in [4.78, 5) is 26.1. The maximum absolute atomic E-state index is 11.6. The van der Waals surface area contributed by atoms with Crippen molar-refractivity contribution in [3.05, 3.63) is 24.1 Å². The Bertz CT molecular complexity index is 634. The number of nitrogens with zero attached hydrogens (tertiary/aromatic N) is 4. The maximum atomic E-state index is 11.6. The molecule has 0 bridgehead atoms. The molecule has 2 amide bonds. The number of hydrogen-bond acceptors (Lipinski definition) is 6. The molecule has 0 saturated heterocycles. The SMILES string of the molecule is Cc1nc(CCNC(=O)Nc2cnn(CC(=O)O)c2)no1. The molecule has 0 radical (unpaired) electrons. The summed E-state index contributed by atoms with van der Waals surface area (Å²) >= 11 is 0. The van der Waals surface area contributed by atoms with E-state index in [1.165, 1.54) is 17.1 Å². The van der Waals surface area contributed by atoms with Gasteiger partial charge in [-0.05, 0) is 0 Å². The summed E-state index contributed by atoms with van der Waals surface area (Å²) < 4.78 is 6.01. The van der Waals surface area contributed by atoms with E-state index in [-0.39, 0.29) is 6.54 Å². The molecular weight excluding hydrogens is 280 g/mol. The second-order valence-corrected chi connectivity index (χ2v) is 4.18. The van der Waals surface area contributed by atoms with Gasteiger partial charge < -0.3 is 20.3 Å². The first-order chi connectivity index (χ1) is 10.0. The van der Waals surface area contributed by atoms with Crippen molar-refractivity contribution in [3.63, 3.8) is 0 Å². The number of rotatable bonds is 6. The van der Waals surface area contributed by atoms with Crippen LogP contribution in [0.25, 0.3) is 0 Å². The third-order valence-corrected chi connectivity index (χ3v) is 2.39. The molecule has 0 saturated carbocycles. The number of aromatic nitrogens is 4. The minimum atomic E-state index is -1.01. The molecule has 0 spiro atoms. The zero-order chi connectivity index (χ0) is 15.2. The first kappa shape index (κ1) is 14.5. The highest BCUT2D eigenvalue weighted by Gasteiger charge is 2.07. The summed E-state index contributed by atoms with van der Waals surface area (Å²) in [5.41, 5.74) is 0.407. The van der Waals surface area contributed by atoms with E-state index in [1.54, 1.807) is 6.92 Å². The molecule has 21 heavy (non-hydrogen) atoms. The Morgan fingerprint density at radius 2 is 2.29 bits per heavy atom. The van der Waals surface area contributed by atoms with Crippen molar-refractivity contribution >= 4 is 17.7 Å². The topological polar surface area (TPSA) is 135 Å². The fourth-order valence-electron chi connectivity index (χ4n) is 1.56. The Balaban J connectivity index is 1.74. The first-order valence-corrected chi connectivity index (χ1v) is 6.11. The normalized spacial score (nSPS) is 10.3. The average Bonchev–Trinajstić information content (AvgIpc) is 2.98. The van der Waals surface area contributed by atoms with Gasteiger partial charge in [0.15, 0.2) is 5.82 Å². The number of nitrogens with one attached hydrogen (secondary N) is 2. The fourth-order valence-corrected chi connectivity index (χ4v) is 1.56. The minimum absolute atomic E-state index is 0.263. The Morgan fingerprint density at radius 3 is 2.95 bits per heavy atom. The molecule has 10 nitrogen and oxygen atoms in total. The van der Waals surface area contributed by atoms with Crippen LogP contribution >= 0.6 is 0 Å². The molecule has 0 aliphatic carbocycles. The van der Waals surface area contributed by atoms with E-state index in [9.17, 15) is 9.59 Å². The molecule has 3 N–H and O–H groups in total. The summed E-state index contributed by atoms with van der Waals surface area (Å²) in [6, 6.07) is -0.426. The summed E-state index contributed by atoms with van der Waals surface area (Å²) in [6.07, 6.45) is 3.24. The lowest BCUT2D eigenvalue weighted by Crippen LogP contribution is -2.30. The predicted octanol–water partition coefficient (Wildman–Crippen LogP) is 0.0233. The number of aryl methyl sites for hydroxylation is 1. The third-order valence-electron chi connectivity index (χ3n) is 2.39. The quantitative estimate of drug-likeness (QED) is 0.683. The van der Waals surface area contributed by atoms with E-state index in [1.807, 2.05) is 0 Å². The van der Waals surface area contributed by atoms with Crippen LogP contribution in [0.4, 0.5) is 10.5 Å². The number of carbonyl (C=O) groups is 2. The molecule has 0 atom stereocenters. The molecule has 0 aliphatic rings. The minimum Gasteiger partial charge on any atom is -0.480 e. The highest BCUT2D eigenvalue weighted by molar-refractivity contribution is 5.88.